The maximum absolute atomic E-state index is 13.4. The first-order valence-electron chi connectivity index (χ1n) is 13.9. The number of hydrogen-bond donors (Lipinski definition) is 2. The SMILES string of the molecule is CCC1CNC(c2ccc(-n3c(Cl)cc4c(=O)n(CC5(O)CCN(C(=O)C6(C)CC6)CC5)cnc43)cc2)CO1. The first-order valence-corrected chi connectivity index (χ1v) is 14.3. The number of aromatic nitrogens is 3. The lowest BCUT2D eigenvalue weighted by atomic mass is 9.90. The van der Waals surface area contributed by atoms with Crippen molar-refractivity contribution in [3.63, 3.8) is 0 Å². The van der Waals surface area contributed by atoms with Crippen LogP contribution in [0.5, 0.6) is 0 Å². The van der Waals surface area contributed by atoms with Crippen LogP contribution in [-0.4, -0.2) is 68.0 Å². The maximum atomic E-state index is 13.4. The van der Waals surface area contributed by atoms with Crippen LogP contribution >= 0.6 is 11.6 Å². The number of morpholine rings is 1. The van der Waals surface area contributed by atoms with Crippen molar-refractivity contribution >= 4 is 28.5 Å². The Labute approximate surface area is 232 Å². The molecule has 2 N–H and O–H groups in total. The van der Waals surface area contributed by atoms with Gasteiger partial charge in [-0.1, -0.05) is 37.6 Å². The molecule has 1 aromatic carbocycles. The number of ether oxygens (including phenoxy) is 1. The van der Waals surface area contributed by atoms with E-state index in [1.165, 1.54) is 10.9 Å². The third-order valence-corrected chi connectivity index (χ3v) is 9.08. The first-order chi connectivity index (χ1) is 18.7. The highest BCUT2D eigenvalue weighted by Crippen LogP contribution is 2.47. The number of halogens is 1. The summed E-state index contributed by atoms with van der Waals surface area (Å²) in [4.78, 5) is 32.5. The molecule has 0 spiro atoms. The number of likely N-dealkylation sites (tertiary alicyclic amines) is 1. The molecule has 39 heavy (non-hydrogen) atoms. The molecule has 0 radical (unpaired) electrons. The van der Waals surface area contributed by atoms with Crippen LogP contribution in [0.15, 0.2) is 41.5 Å². The minimum absolute atomic E-state index is 0.126. The van der Waals surface area contributed by atoms with E-state index in [1.54, 1.807) is 10.6 Å². The number of fused-ring (bicyclic) bond motifs is 1. The Kier molecular flexibility index (Phi) is 6.82. The number of rotatable bonds is 6. The second kappa shape index (κ2) is 10.0. The molecule has 0 bridgehead atoms. The summed E-state index contributed by atoms with van der Waals surface area (Å²) in [7, 11) is 0. The van der Waals surface area contributed by atoms with Crippen LogP contribution in [0.25, 0.3) is 16.7 Å². The van der Waals surface area contributed by atoms with E-state index in [4.69, 9.17) is 16.3 Å². The fourth-order valence-corrected chi connectivity index (χ4v) is 6.07. The van der Waals surface area contributed by atoms with Gasteiger partial charge >= 0.3 is 0 Å². The number of amides is 1. The number of carbonyl (C=O) groups is 1. The van der Waals surface area contributed by atoms with E-state index in [9.17, 15) is 14.7 Å². The molecular weight excluding hydrogens is 518 g/mol. The van der Waals surface area contributed by atoms with Gasteiger partial charge in [-0.3, -0.25) is 18.7 Å². The lowest BCUT2D eigenvalue weighted by Gasteiger charge is -2.39. The van der Waals surface area contributed by atoms with Crippen molar-refractivity contribution in [1.29, 1.82) is 0 Å². The van der Waals surface area contributed by atoms with Crippen LogP contribution in [-0.2, 0) is 16.1 Å². The van der Waals surface area contributed by atoms with E-state index in [1.807, 2.05) is 36.1 Å². The molecule has 4 heterocycles. The molecule has 2 aromatic heterocycles. The van der Waals surface area contributed by atoms with E-state index in [-0.39, 0.29) is 35.6 Å². The van der Waals surface area contributed by atoms with Gasteiger partial charge in [0.15, 0.2) is 5.65 Å². The molecule has 1 amide bonds. The minimum atomic E-state index is -1.07. The molecule has 2 unspecified atom stereocenters. The fraction of sp³-hybridized carbons (Fsp3) is 0.552. The molecule has 9 nitrogen and oxygen atoms in total. The van der Waals surface area contributed by atoms with Crippen LogP contribution in [0, 0.1) is 5.41 Å². The van der Waals surface area contributed by atoms with Crippen molar-refractivity contribution in [3.05, 3.63) is 57.7 Å². The zero-order valence-electron chi connectivity index (χ0n) is 22.5. The van der Waals surface area contributed by atoms with Gasteiger partial charge in [0.25, 0.3) is 5.56 Å². The number of hydrogen-bond acceptors (Lipinski definition) is 6. The summed E-state index contributed by atoms with van der Waals surface area (Å²) >= 11 is 6.61. The monoisotopic (exact) mass is 553 g/mol. The fourth-order valence-electron chi connectivity index (χ4n) is 5.78. The average Bonchev–Trinajstić information content (AvgIpc) is 3.61. The highest BCUT2D eigenvalue weighted by atomic mass is 35.5. The Morgan fingerprint density at radius 3 is 2.54 bits per heavy atom. The van der Waals surface area contributed by atoms with Gasteiger partial charge in [-0.15, -0.1) is 0 Å². The molecule has 2 saturated heterocycles. The maximum Gasteiger partial charge on any atom is 0.262 e. The van der Waals surface area contributed by atoms with Crippen LogP contribution < -0.4 is 10.9 Å². The van der Waals surface area contributed by atoms with E-state index < -0.39 is 5.60 Å². The second-order valence-corrected chi connectivity index (χ2v) is 12.1. The molecule has 6 rings (SSSR count). The first kappa shape index (κ1) is 26.5. The number of benzene rings is 1. The predicted octanol–water partition coefficient (Wildman–Crippen LogP) is 3.43. The quantitative estimate of drug-likeness (QED) is 0.485. The van der Waals surface area contributed by atoms with Crippen LogP contribution in [0.4, 0.5) is 0 Å². The number of nitrogens with one attached hydrogen (secondary N) is 1. The second-order valence-electron chi connectivity index (χ2n) is 11.7. The van der Waals surface area contributed by atoms with Crippen LogP contribution in [0.3, 0.4) is 0 Å². The van der Waals surface area contributed by atoms with Crippen molar-refractivity contribution < 1.29 is 14.6 Å². The van der Waals surface area contributed by atoms with Crippen molar-refractivity contribution in [2.75, 3.05) is 26.2 Å². The van der Waals surface area contributed by atoms with Gasteiger partial charge < -0.3 is 20.1 Å². The van der Waals surface area contributed by atoms with Crippen LogP contribution in [0.1, 0.15) is 57.6 Å². The Bertz CT molecular complexity index is 1430. The van der Waals surface area contributed by atoms with E-state index in [0.717, 1.165) is 37.1 Å². The normalized spacial score (nSPS) is 24.2. The number of aliphatic hydroxyl groups is 1. The van der Waals surface area contributed by atoms with Gasteiger partial charge in [0.05, 0.1) is 36.3 Å². The number of piperidine rings is 1. The molecule has 10 heteroatoms. The summed E-state index contributed by atoms with van der Waals surface area (Å²) < 4.78 is 9.15. The molecule has 3 aromatic rings. The summed E-state index contributed by atoms with van der Waals surface area (Å²) in [6.07, 6.45) is 5.46. The van der Waals surface area contributed by atoms with Gasteiger partial charge in [-0.05, 0) is 55.9 Å². The topological polar surface area (TPSA) is 102 Å². The molecule has 3 aliphatic rings. The zero-order chi connectivity index (χ0) is 27.4. The summed E-state index contributed by atoms with van der Waals surface area (Å²) in [6.45, 7) is 6.71. The smallest absolute Gasteiger partial charge is 0.262 e. The summed E-state index contributed by atoms with van der Waals surface area (Å²) in [5.41, 5.74) is 0.882. The number of nitrogens with zero attached hydrogens (tertiary/aromatic N) is 4. The van der Waals surface area contributed by atoms with Crippen molar-refractivity contribution in [2.45, 2.75) is 70.2 Å². The molecular formula is C29H36ClN5O4. The summed E-state index contributed by atoms with van der Waals surface area (Å²) in [5.74, 6) is 0.183. The van der Waals surface area contributed by atoms with Gasteiger partial charge in [0, 0.05) is 30.7 Å². The average molecular weight is 554 g/mol. The molecule has 208 valence electrons. The Morgan fingerprint density at radius 1 is 1.21 bits per heavy atom. The van der Waals surface area contributed by atoms with Crippen molar-refractivity contribution in [2.24, 2.45) is 5.41 Å². The lowest BCUT2D eigenvalue weighted by molar-refractivity contribution is -0.141. The Hall–Kier alpha value is -2.72. The Morgan fingerprint density at radius 2 is 1.92 bits per heavy atom. The lowest BCUT2D eigenvalue weighted by Crippen LogP contribution is -2.51. The standard InChI is InChI=1S/C29H36ClN5O4/c1-3-21-15-31-23(16-39-21)19-4-6-20(7-5-19)35-24(30)14-22-25(35)32-18-34(26(22)36)17-29(38)10-12-33(13-11-29)27(37)28(2)8-9-28/h4-7,14,18,21,23,31,38H,3,8-13,15-17H2,1-2H3. The largest absolute Gasteiger partial charge is 0.388 e. The van der Waals surface area contributed by atoms with Crippen LogP contribution in [0.2, 0.25) is 5.15 Å². The van der Waals surface area contributed by atoms with E-state index >= 15 is 0 Å². The van der Waals surface area contributed by atoms with Gasteiger partial charge in [-0.25, -0.2) is 4.98 Å². The van der Waals surface area contributed by atoms with E-state index in [2.05, 4.69) is 17.2 Å². The minimum Gasteiger partial charge on any atom is -0.388 e. The van der Waals surface area contributed by atoms with E-state index in [0.29, 0.717) is 48.7 Å². The summed E-state index contributed by atoms with van der Waals surface area (Å²) in [6, 6.07) is 9.81. The molecule has 1 saturated carbocycles. The van der Waals surface area contributed by atoms with Gasteiger partial charge in [0.1, 0.15) is 11.5 Å². The molecule has 3 fully saturated rings. The number of carbonyl (C=O) groups excluding carboxylic acids is 1. The van der Waals surface area contributed by atoms with Gasteiger partial charge in [0.2, 0.25) is 5.91 Å². The van der Waals surface area contributed by atoms with Crippen molar-refractivity contribution in [1.82, 2.24) is 24.3 Å². The molecule has 2 aliphatic heterocycles. The molecule has 1 aliphatic carbocycles. The molecule has 2 atom stereocenters. The third-order valence-electron chi connectivity index (χ3n) is 8.80. The third kappa shape index (κ3) is 5.01. The van der Waals surface area contributed by atoms with Gasteiger partial charge in [-0.2, -0.15) is 0 Å². The zero-order valence-corrected chi connectivity index (χ0v) is 23.3. The summed E-state index contributed by atoms with van der Waals surface area (Å²) in [5, 5.41) is 15.6. The van der Waals surface area contributed by atoms with Crippen molar-refractivity contribution in [3.8, 4) is 5.69 Å². The Balaban J connectivity index is 1.18. The highest BCUT2D eigenvalue weighted by Gasteiger charge is 2.48. The predicted molar refractivity (Wildman–Crippen MR) is 149 cm³/mol. The highest BCUT2D eigenvalue weighted by molar-refractivity contribution is 6.31.